The van der Waals surface area contributed by atoms with Gasteiger partial charge in [-0.05, 0) is 73.9 Å². The number of nitrogens with one attached hydrogen (secondary N) is 1. The Labute approximate surface area is 247 Å². The van der Waals surface area contributed by atoms with Crippen LogP contribution in [0.4, 0.5) is 5.69 Å². The second kappa shape index (κ2) is 13.9. The van der Waals surface area contributed by atoms with Crippen molar-refractivity contribution in [1.29, 1.82) is 0 Å². The molecule has 3 aromatic carbocycles. The topological polar surface area (TPSA) is 96.0 Å². The van der Waals surface area contributed by atoms with Crippen molar-refractivity contribution in [2.24, 2.45) is 0 Å². The zero-order valence-electron chi connectivity index (χ0n) is 23.3. The molecule has 1 aliphatic carbocycles. The number of sulfonamides is 1. The lowest BCUT2D eigenvalue weighted by Gasteiger charge is -2.33. The molecular weight excluding hydrogens is 562 g/mol. The Kier molecular flexibility index (Phi) is 10.3. The van der Waals surface area contributed by atoms with Crippen molar-refractivity contribution in [3.05, 3.63) is 89.4 Å². The highest BCUT2D eigenvalue weighted by Crippen LogP contribution is 2.26. The maximum atomic E-state index is 14.1. The van der Waals surface area contributed by atoms with Crippen LogP contribution in [0.1, 0.15) is 44.6 Å². The molecule has 0 aliphatic heterocycles. The van der Waals surface area contributed by atoms with Gasteiger partial charge in [0.15, 0.2) is 0 Å². The van der Waals surface area contributed by atoms with Crippen LogP contribution in [0.25, 0.3) is 0 Å². The second-order valence-corrected chi connectivity index (χ2v) is 12.5. The summed E-state index contributed by atoms with van der Waals surface area (Å²) in [4.78, 5) is 28.9. The van der Waals surface area contributed by atoms with Crippen LogP contribution in [-0.2, 0) is 26.2 Å². The van der Waals surface area contributed by atoms with Crippen LogP contribution in [0, 0.1) is 0 Å². The Bertz CT molecular complexity index is 1430. The van der Waals surface area contributed by atoms with Gasteiger partial charge < -0.3 is 15.0 Å². The zero-order chi connectivity index (χ0) is 29.4. The summed E-state index contributed by atoms with van der Waals surface area (Å²) in [7, 11) is -2.57. The Morgan fingerprint density at radius 2 is 1.66 bits per heavy atom. The SMILES string of the molecule is COc1cccc(CN(C(=O)CN(c2ccc(Cl)cc2)S(=O)(=O)c2ccccc2)[C@H](C)C(=O)NC2CCCCC2)c1. The van der Waals surface area contributed by atoms with Gasteiger partial charge in [-0.25, -0.2) is 8.42 Å². The molecule has 0 radical (unpaired) electrons. The highest BCUT2D eigenvalue weighted by molar-refractivity contribution is 7.92. The maximum Gasteiger partial charge on any atom is 0.264 e. The molecule has 1 N–H and O–H groups in total. The molecule has 4 rings (SSSR count). The number of hydrogen-bond donors (Lipinski definition) is 1. The summed E-state index contributed by atoms with van der Waals surface area (Å²) in [6.07, 6.45) is 5.07. The molecule has 218 valence electrons. The molecule has 8 nitrogen and oxygen atoms in total. The zero-order valence-corrected chi connectivity index (χ0v) is 24.9. The number of hydrogen-bond acceptors (Lipinski definition) is 5. The highest BCUT2D eigenvalue weighted by atomic mass is 35.5. The Morgan fingerprint density at radius 1 is 0.976 bits per heavy atom. The summed E-state index contributed by atoms with van der Waals surface area (Å²) in [5.41, 5.74) is 1.03. The fourth-order valence-electron chi connectivity index (χ4n) is 4.97. The molecule has 0 bridgehead atoms. The molecule has 0 saturated heterocycles. The minimum Gasteiger partial charge on any atom is -0.497 e. The van der Waals surface area contributed by atoms with Crippen molar-refractivity contribution in [2.75, 3.05) is 18.0 Å². The predicted molar refractivity (Wildman–Crippen MR) is 160 cm³/mol. The van der Waals surface area contributed by atoms with Gasteiger partial charge in [-0.3, -0.25) is 13.9 Å². The van der Waals surface area contributed by atoms with Gasteiger partial charge in [0, 0.05) is 17.6 Å². The van der Waals surface area contributed by atoms with Crippen LogP contribution in [0.5, 0.6) is 5.75 Å². The van der Waals surface area contributed by atoms with Crippen LogP contribution >= 0.6 is 11.6 Å². The van der Waals surface area contributed by atoms with Gasteiger partial charge >= 0.3 is 0 Å². The van der Waals surface area contributed by atoms with E-state index in [0.717, 1.165) is 42.0 Å². The van der Waals surface area contributed by atoms with E-state index in [4.69, 9.17) is 16.3 Å². The Hall–Kier alpha value is -3.56. The highest BCUT2D eigenvalue weighted by Gasteiger charge is 2.33. The largest absolute Gasteiger partial charge is 0.497 e. The predicted octanol–water partition coefficient (Wildman–Crippen LogP) is 5.41. The van der Waals surface area contributed by atoms with Crippen molar-refractivity contribution in [2.45, 2.75) is 62.6 Å². The fourth-order valence-corrected chi connectivity index (χ4v) is 6.54. The maximum absolute atomic E-state index is 14.1. The molecule has 1 atom stereocenters. The van der Waals surface area contributed by atoms with Gasteiger partial charge in [-0.2, -0.15) is 0 Å². The summed E-state index contributed by atoms with van der Waals surface area (Å²) in [6.45, 7) is 1.26. The molecule has 0 aromatic heterocycles. The average molecular weight is 598 g/mol. The number of carbonyl (C=O) groups excluding carboxylic acids is 2. The molecule has 0 unspecified atom stereocenters. The minimum absolute atomic E-state index is 0.0465. The van der Waals surface area contributed by atoms with Crippen molar-refractivity contribution in [1.82, 2.24) is 10.2 Å². The molecule has 1 fully saturated rings. The van der Waals surface area contributed by atoms with Crippen LogP contribution in [-0.4, -0.2) is 50.9 Å². The van der Waals surface area contributed by atoms with Crippen LogP contribution in [0.2, 0.25) is 5.02 Å². The van der Waals surface area contributed by atoms with Crippen LogP contribution in [0.3, 0.4) is 0 Å². The summed E-state index contributed by atoms with van der Waals surface area (Å²) >= 11 is 6.08. The smallest absolute Gasteiger partial charge is 0.264 e. The number of methoxy groups -OCH3 is 1. The molecule has 1 aliphatic rings. The van der Waals surface area contributed by atoms with Crippen molar-refractivity contribution in [3.8, 4) is 5.75 Å². The number of rotatable bonds is 11. The first-order valence-electron chi connectivity index (χ1n) is 13.7. The first kappa shape index (κ1) is 30.4. The molecule has 10 heteroatoms. The summed E-state index contributed by atoms with van der Waals surface area (Å²) < 4.78 is 34.0. The first-order chi connectivity index (χ1) is 19.7. The standard InChI is InChI=1S/C31H36ClN3O5S/c1-23(31(37)33-26-11-5-3-6-12-26)34(21-24-10-9-13-28(20-24)40-2)30(36)22-35(27-18-16-25(32)17-19-27)41(38,39)29-14-7-4-8-15-29/h4,7-10,13-20,23,26H,3,5-6,11-12,21-22H2,1-2H3,(H,33,37)/t23-/m1/s1. The third kappa shape index (κ3) is 7.80. The summed E-state index contributed by atoms with van der Waals surface area (Å²) in [6, 6.07) is 20.7. The molecule has 1 saturated carbocycles. The van der Waals surface area contributed by atoms with E-state index in [1.807, 2.05) is 12.1 Å². The van der Waals surface area contributed by atoms with E-state index >= 15 is 0 Å². The lowest BCUT2D eigenvalue weighted by molar-refractivity contribution is -0.139. The average Bonchev–Trinajstić information content (AvgIpc) is 2.99. The van der Waals surface area contributed by atoms with Crippen LogP contribution < -0.4 is 14.4 Å². The monoisotopic (exact) mass is 597 g/mol. The minimum atomic E-state index is -4.13. The molecule has 0 heterocycles. The molecular formula is C31H36ClN3O5S. The van der Waals surface area contributed by atoms with Crippen LogP contribution in [0.15, 0.2) is 83.8 Å². The third-order valence-corrected chi connectivity index (χ3v) is 9.37. The van der Waals surface area contributed by atoms with Gasteiger partial charge in [0.2, 0.25) is 11.8 Å². The Balaban J connectivity index is 1.67. The first-order valence-corrected chi connectivity index (χ1v) is 15.6. The van der Waals surface area contributed by atoms with E-state index in [2.05, 4.69) is 5.32 Å². The van der Waals surface area contributed by atoms with Gasteiger partial charge in [-0.15, -0.1) is 0 Å². The summed E-state index contributed by atoms with van der Waals surface area (Å²) in [5.74, 6) is -0.172. The van der Waals surface area contributed by atoms with E-state index in [9.17, 15) is 18.0 Å². The quantitative estimate of drug-likeness (QED) is 0.319. The van der Waals surface area contributed by atoms with Gasteiger partial charge in [0.1, 0.15) is 18.3 Å². The number of nitrogens with zero attached hydrogens (tertiary/aromatic N) is 2. The number of halogens is 1. The number of benzene rings is 3. The molecule has 3 aromatic rings. The van der Waals surface area contributed by atoms with Gasteiger partial charge in [0.05, 0.1) is 17.7 Å². The fraction of sp³-hybridized carbons (Fsp3) is 0.355. The molecule has 41 heavy (non-hydrogen) atoms. The summed E-state index contributed by atoms with van der Waals surface area (Å²) in [5, 5.41) is 3.54. The Morgan fingerprint density at radius 3 is 2.32 bits per heavy atom. The molecule has 2 amide bonds. The van der Waals surface area contributed by atoms with E-state index in [1.165, 1.54) is 17.0 Å². The lowest BCUT2D eigenvalue weighted by Crippen LogP contribution is -2.53. The normalized spacial score (nSPS) is 14.6. The second-order valence-electron chi connectivity index (χ2n) is 10.2. The third-order valence-electron chi connectivity index (χ3n) is 7.33. The van der Waals surface area contributed by atoms with E-state index in [-0.39, 0.29) is 29.1 Å². The number of ether oxygens (including phenoxy) is 1. The number of carbonyl (C=O) groups is 2. The molecule has 0 spiro atoms. The lowest BCUT2D eigenvalue weighted by atomic mass is 9.95. The number of anilines is 1. The van der Waals surface area contributed by atoms with E-state index < -0.39 is 28.5 Å². The van der Waals surface area contributed by atoms with Crippen molar-refractivity contribution >= 4 is 39.1 Å². The van der Waals surface area contributed by atoms with E-state index in [0.29, 0.717) is 10.8 Å². The van der Waals surface area contributed by atoms with Crippen molar-refractivity contribution < 1.29 is 22.7 Å². The van der Waals surface area contributed by atoms with Gasteiger partial charge in [-0.1, -0.05) is 61.2 Å². The van der Waals surface area contributed by atoms with E-state index in [1.54, 1.807) is 68.6 Å². The van der Waals surface area contributed by atoms with Crippen molar-refractivity contribution in [3.63, 3.8) is 0 Å². The number of amides is 2. The van der Waals surface area contributed by atoms with Gasteiger partial charge in [0.25, 0.3) is 10.0 Å².